The molecule has 2 amide bonds. The Hall–Kier alpha value is -3.40. The minimum Gasteiger partial charge on any atom is -0.346 e. The average molecular weight is 386 g/mol. The Balaban J connectivity index is 1.71. The molecule has 0 aliphatic rings. The van der Waals surface area contributed by atoms with E-state index in [4.69, 9.17) is 0 Å². The molecule has 2 N–H and O–H groups in total. The van der Waals surface area contributed by atoms with Gasteiger partial charge in [-0.1, -0.05) is 78.4 Å². The van der Waals surface area contributed by atoms with Gasteiger partial charge in [0.1, 0.15) is 0 Å². The third-order valence-electron chi connectivity index (χ3n) is 4.89. The van der Waals surface area contributed by atoms with Gasteiger partial charge in [0.05, 0.1) is 12.5 Å². The minimum absolute atomic E-state index is 0.0816. The maximum Gasteiger partial charge on any atom is 0.243 e. The molecule has 148 valence electrons. The van der Waals surface area contributed by atoms with Crippen LogP contribution in [0.4, 0.5) is 5.69 Å². The summed E-state index contributed by atoms with van der Waals surface area (Å²) in [7, 11) is 0. The van der Waals surface area contributed by atoms with Gasteiger partial charge in [-0.25, -0.2) is 0 Å². The second kappa shape index (κ2) is 9.20. The smallest absolute Gasteiger partial charge is 0.243 e. The van der Waals surface area contributed by atoms with E-state index in [1.807, 2.05) is 93.6 Å². The highest BCUT2D eigenvalue weighted by molar-refractivity contribution is 5.97. The summed E-state index contributed by atoms with van der Waals surface area (Å²) in [6.45, 7) is 5.88. The van der Waals surface area contributed by atoms with E-state index in [0.29, 0.717) is 0 Å². The lowest BCUT2D eigenvalue weighted by molar-refractivity contribution is -0.124. The van der Waals surface area contributed by atoms with Crippen LogP contribution >= 0.6 is 0 Å². The summed E-state index contributed by atoms with van der Waals surface area (Å²) in [4.78, 5) is 25.5. The molecule has 0 unspecified atom stereocenters. The molecule has 3 aromatic carbocycles. The summed E-state index contributed by atoms with van der Waals surface area (Å²) in [5.74, 6) is -0.906. The maximum absolute atomic E-state index is 13.0. The fourth-order valence-electron chi connectivity index (χ4n) is 3.62. The molecule has 4 nitrogen and oxygen atoms in total. The van der Waals surface area contributed by atoms with E-state index in [1.165, 1.54) is 0 Å². The number of rotatable bonds is 6. The molecule has 0 aromatic heterocycles. The summed E-state index contributed by atoms with van der Waals surface area (Å²) < 4.78 is 0. The Kier molecular flexibility index (Phi) is 6.45. The number of aryl methyl sites for hydroxylation is 3. The van der Waals surface area contributed by atoms with Gasteiger partial charge in [0.2, 0.25) is 11.8 Å². The van der Waals surface area contributed by atoms with E-state index in [2.05, 4.69) is 10.6 Å². The Labute approximate surface area is 172 Å². The molecule has 29 heavy (non-hydrogen) atoms. The van der Waals surface area contributed by atoms with Crippen molar-refractivity contribution in [2.24, 2.45) is 0 Å². The highest BCUT2D eigenvalue weighted by atomic mass is 16.2. The third kappa shape index (κ3) is 5.11. The summed E-state index contributed by atoms with van der Waals surface area (Å²) in [5.41, 5.74) is 5.75. The lowest BCUT2D eigenvalue weighted by atomic mass is 9.90. The number of carbonyl (C=O) groups excluding carboxylic acids is 2. The lowest BCUT2D eigenvalue weighted by Crippen LogP contribution is -2.36. The minimum atomic E-state index is -0.465. The molecule has 0 bridgehead atoms. The molecule has 0 saturated heterocycles. The van der Waals surface area contributed by atoms with E-state index in [9.17, 15) is 9.59 Å². The molecular formula is C25H26N2O2. The van der Waals surface area contributed by atoms with E-state index >= 15 is 0 Å². The van der Waals surface area contributed by atoms with Crippen LogP contribution in [0.5, 0.6) is 0 Å². The van der Waals surface area contributed by atoms with Gasteiger partial charge < -0.3 is 10.6 Å². The Bertz CT molecular complexity index is 935. The van der Waals surface area contributed by atoms with E-state index < -0.39 is 5.92 Å². The highest BCUT2D eigenvalue weighted by Crippen LogP contribution is 2.25. The number of amides is 2. The molecule has 0 fully saturated rings. The molecular weight excluding hydrogens is 360 g/mol. The van der Waals surface area contributed by atoms with Crippen molar-refractivity contribution in [2.75, 3.05) is 11.9 Å². The number of hydrogen-bond acceptors (Lipinski definition) is 2. The fourth-order valence-corrected chi connectivity index (χ4v) is 3.62. The number of benzene rings is 3. The first kappa shape index (κ1) is 20.3. The van der Waals surface area contributed by atoms with E-state index in [1.54, 1.807) is 0 Å². The van der Waals surface area contributed by atoms with Crippen LogP contribution in [-0.4, -0.2) is 18.4 Å². The van der Waals surface area contributed by atoms with Crippen molar-refractivity contribution in [3.8, 4) is 0 Å². The second-order valence-corrected chi connectivity index (χ2v) is 7.29. The van der Waals surface area contributed by atoms with Crippen LogP contribution in [0.2, 0.25) is 0 Å². The second-order valence-electron chi connectivity index (χ2n) is 7.29. The molecule has 0 saturated carbocycles. The first-order valence-electron chi connectivity index (χ1n) is 9.71. The first-order chi connectivity index (χ1) is 14.0. The predicted octanol–water partition coefficient (Wildman–Crippen LogP) is 4.50. The van der Waals surface area contributed by atoms with Gasteiger partial charge >= 0.3 is 0 Å². The SMILES string of the molecule is Cc1cc(C)c(NC(=O)CNC(=O)C(c2ccccc2)c2ccccc2)c(C)c1. The van der Waals surface area contributed by atoms with Crippen LogP contribution in [0.15, 0.2) is 72.8 Å². The topological polar surface area (TPSA) is 58.2 Å². The van der Waals surface area contributed by atoms with Crippen molar-refractivity contribution in [3.05, 3.63) is 101 Å². The monoisotopic (exact) mass is 386 g/mol. The normalized spacial score (nSPS) is 10.6. The molecule has 0 aliphatic heterocycles. The highest BCUT2D eigenvalue weighted by Gasteiger charge is 2.23. The van der Waals surface area contributed by atoms with Gasteiger partial charge in [-0.2, -0.15) is 0 Å². The van der Waals surface area contributed by atoms with Crippen molar-refractivity contribution in [1.82, 2.24) is 5.32 Å². The van der Waals surface area contributed by atoms with Crippen molar-refractivity contribution < 1.29 is 9.59 Å². The van der Waals surface area contributed by atoms with Crippen LogP contribution in [0.1, 0.15) is 33.7 Å². The molecule has 3 rings (SSSR count). The average Bonchev–Trinajstić information content (AvgIpc) is 2.71. The molecule has 0 heterocycles. The molecule has 0 radical (unpaired) electrons. The predicted molar refractivity (Wildman–Crippen MR) is 117 cm³/mol. The van der Waals surface area contributed by atoms with E-state index in [0.717, 1.165) is 33.5 Å². The van der Waals surface area contributed by atoms with Gasteiger partial charge in [-0.3, -0.25) is 9.59 Å². The fraction of sp³-hybridized carbons (Fsp3) is 0.200. The van der Waals surface area contributed by atoms with Crippen molar-refractivity contribution in [2.45, 2.75) is 26.7 Å². The van der Waals surface area contributed by atoms with Crippen molar-refractivity contribution in [3.63, 3.8) is 0 Å². The van der Waals surface area contributed by atoms with Crippen LogP contribution in [0.25, 0.3) is 0 Å². The zero-order valence-corrected chi connectivity index (χ0v) is 17.0. The Morgan fingerprint density at radius 1 is 0.793 bits per heavy atom. The zero-order chi connectivity index (χ0) is 20.8. The van der Waals surface area contributed by atoms with E-state index in [-0.39, 0.29) is 18.4 Å². The van der Waals surface area contributed by atoms with Crippen LogP contribution in [0.3, 0.4) is 0 Å². The standard InChI is InChI=1S/C25H26N2O2/c1-17-14-18(2)24(19(3)15-17)27-22(28)16-26-25(29)23(20-10-6-4-7-11-20)21-12-8-5-9-13-21/h4-15,23H,16H2,1-3H3,(H,26,29)(H,27,28). The summed E-state index contributed by atoms with van der Waals surface area (Å²) in [6, 6.07) is 23.3. The number of hydrogen-bond donors (Lipinski definition) is 2. The van der Waals surface area contributed by atoms with Gasteiger partial charge in [0.15, 0.2) is 0 Å². The summed E-state index contributed by atoms with van der Waals surface area (Å²) in [5, 5.41) is 5.72. The Morgan fingerprint density at radius 2 is 1.28 bits per heavy atom. The number of nitrogens with one attached hydrogen (secondary N) is 2. The van der Waals surface area contributed by atoms with Crippen molar-refractivity contribution in [1.29, 1.82) is 0 Å². The number of anilines is 1. The molecule has 0 spiro atoms. The van der Waals surface area contributed by atoms with Gasteiger partial charge in [0, 0.05) is 5.69 Å². The molecule has 0 atom stereocenters. The van der Waals surface area contributed by atoms with Gasteiger partial charge in [-0.05, 0) is 43.0 Å². The molecule has 3 aromatic rings. The third-order valence-corrected chi connectivity index (χ3v) is 4.89. The van der Waals surface area contributed by atoms with Crippen LogP contribution in [0, 0.1) is 20.8 Å². The van der Waals surface area contributed by atoms with Crippen LogP contribution < -0.4 is 10.6 Å². The number of carbonyl (C=O) groups is 2. The Morgan fingerprint density at radius 3 is 1.76 bits per heavy atom. The van der Waals surface area contributed by atoms with Crippen LogP contribution in [-0.2, 0) is 9.59 Å². The summed E-state index contributed by atoms with van der Waals surface area (Å²) >= 11 is 0. The lowest BCUT2D eigenvalue weighted by Gasteiger charge is -2.18. The maximum atomic E-state index is 13.0. The largest absolute Gasteiger partial charge is 0.346 e. The van der Waals surface area contributed by atoms with Crippen molar-refractivity contribution >= 4 is 17.5 Å². The zero-order valence-electron chi connectivity index (χ0n) is 17.0. The van der Waals surface area contributed by atoms with Gasteiger partial charge in [0.25, 0.3) is 0 Å². The molecule has 4 heteroatoms. The molecule has 0 aliphatic carbocycles. The van der Waals surface area contributed by atoms with Gasteiger partial charge in [-0.15, -0.1) is 0 Å². The quantitative estimate of drug-likeness (QED) is 0.655. The summed E-state index contributed by atoms with van der Waals surface area (Å²) in [6.07, 6.45) is 0. The first-order valence-corrected chi connectivity index (χ1v) is 9.71.